The van der Waals surface area contributed by atoms with Crippen molar-refractivity contribution < 1.29 is 19.4 Å². The molecule has 1 atom stereocenters. The standard InChI is InChI=1S/C24H19NO4/c26-23(27)22-16-8-2-1-7-15(16)13-25(22)24(28)29-14-21-19-11-5-3-9-17(19)18-10-4-6-12-20(18)21/h1-12,21-22H,13-14H2,(H,26,27)/p-1. The van der Waals surface area contributed by atoms with E-state index in [2.05, 4.69) is 12.1 Å². The van der Waals surface area contributed by atoms with Crippen molar-refractivity contribution in [2.75, 3.05) is 6.61 Å². The fraction of sp³-hybridized carbons (Fsp3) is 0.167. The number of carboxylic acids is 1. The Labute approximate surface area is 168 Å². The van der Waals surface area contributed by atoms with Crippen molar-refractivity contribution in [2.24, 2.45) is 0 Å². The van der Waals surface area contributed by atoms with Crippen LogP contribution in [-0.4, -0.2) is 23.6 Å². The van der Waals surface area contributed by atoms with Crippen LogP contribution in [0, 0.1) is 0 Å². The summed E-state index contributed by atoms with van der Waals surface area (Å²) in [5, 5.41) is 11.7. The lowest BCUT2D eigenvalue weighted by Crippen LogP contribution is -2.41. The molecule has 144 valence electrons. The van der Waals surface area contributed by atoms with Crippen LogP contribution >= 0.6 is 0 Å². The highest BCUT2D eigenvalue weighted by molar-refractivity contribution is 5.83. The maximum atomic E-state index is 12.8. The first kappa shape index (κ1) is 17.5. The molecule has 5 heteroatoms. The van der Waals surface area contributed by atoms with E-state index in [1.165, 1.54) is 4.90 Å². The Bertz CT molecular complexity index is 1080. The van der Waals surface area contributed by atoms with Crippen LogP contribution < -0.4 is 5.11 Å². The van der Waals surface area contributed by atoms with Gasteiger partial charge in [0.1, 0.15) is 12.6 Å². The highest BCUT2D eigenvalue weighted by Gasteiger charge is 2.36. The molecule has 5 rings (SSSR count). The average Bonchev–Trinajstić information content (AvgIpc) is 3.28. The molecular formula is C24H18NO4-. The number of carboxylic acid groups (broad SMARTS) is 1. The van der Waals surface area contributed by atoms with Gasteiger partial charge in [-0.15, -0.1) is 0 Å². The Balaban J connectivity index is 1.38. The predicted molar refractivity (Wildman–Crippen MR) is 105 cm³/mol. The zero-order valence-corrected chi connectivity index (χ0v) is 15.6. The lowest BCUT2D eigenvalue weighted by atomic mass is 9.98. The molecule has 1 amide bonds. The molecule has 3 aromatic rings. The summed E-state index contributed by atoms with van der Waals surface area (Å²) >= 11 is 0. The van der Waals surface area contributed by atoms with Crippen molar-refractivity contribution in [3.63, 3.8) is 0 Å². The second-order valence-corrected chi connectivity index (χ2v) is 7.35. The van der Waals surface area contributed by atoms with Crippen molar-refractivity contribution in [2.45, 2.75) is 18.5 Å². The third kappa shape index (κ3) is 2.78. The summed E-state index contributed by atoms with van der Waals surface area (Å²) in [6.45, 7) is 0.352. The maximum absolute atomic E-state index is 12.8. The first-order chi connectivity index (χ1) is 14.1. The Morgan fingerprint density at radius 1 is 0.862 bits per heavy atom. The van der Waals surface area contributed by atoms with E-state index >= 15 is 0 Å². The van der Waals surface area contributed by atoms with Gasteiger partial charge in [0, 0.05) is 5.92 Å². The van der Waals surface area contributed by atoms with Gasteiger partial charge in [-0.05, 0) is 33.4 Å². The lowest BCUT2D eigenvalue weighted by molar-refractivity contribution is -0.311. The van der Waals surface area contributed by atoms with Crippen molar-refractivity contribution in [1.29, 1.82) is 0 Å². The van der Waals surface area contributed by atoms with E-state index in [-0.39, 0.29) is 19.1 Å². The molecule has 0 aromatic heterocycles. The van der Waals surface area contributed by atoms with Crippen LogP contribution in [0.2, 0.25) is 0 Å². The normalized spacial score (nSPS) is 16.8. The van der Waals surface area contributed by atoms with E-state index in [1.54, 1.807) is 12.1 Å². The Hall–Kier alpha value is -3.60. The first-order valence-corrected chi connectivity index (χ1v) is 9.55. The van der Waals surface area contributed by atoms with Gasteiger partial charge in [-0.25, -0.2) is 4.79 Å². The third-order valence-electron chi connectivity index (χ3n) is 5.80. The maximum Gasteiger partial charge on any atom is 0.410 e. The topological polar surface area (TPSA) is 69.7 Å². The van der Waals surface area contributed by atoms with E-state index in [1.807, 2.05) is 48.5 Å². The van der Waals surface area contributed by atoms with Crippen LogP contribution in [0.1, 0.15) is 34.2 Å². The number of nitrogens with zero attached hydrogens (tertiary/aromatic N) is 1. The Kier molecular flexibility index (Phi) is 4.09. The largest absolute Gasteiger partial charge is 0.548 e. The molecule has 0 saturated carbocycles. The molecular weight excluding hydrogens is 366 g/mol. The van der Waals surface area contributed by atoms with Gasteiger partial charge in [-0.3, -0.25) is 4.90 Å². The molecule has 1 unspecified atom stereocenters. The van der Waals surface area contributed by atoms with E-state index in [4.69, 9.17) is 4.74 Å². The van der Waals surface area contributed by atoms with Crippen LogP contribution in [-0.2, 0) is 16.1 Å². The Morgan fingerprint density at radius 2 is 1.41 bits per heavy atom. The highest BCUT2D eigenvalue weighted by atomic mass is 16.6. The number of hydrogen-bond acceptors (Lipinski definition) is 4. The van der Waals surface area contributed by atoms with Gasteiger partial charge in [0.25, 0.3) is 0 Å². The molecule has 1 aliphatic carbocycles. The fourth-order valence-corrected chi connectivity index (χ4v) is 4.49. The molecule has 0 radical (unpaired) electrons. The predicted octanol–water partition coefficient (Wildman–Crippen LogP) is 3.24. The molecule has 1 heterocycles. The van der Waals surface area contributed by atoms with Gasteiger partial charge in [0.05, 0.1) is 12.5 Å². The summed E-state index contributed by atoms with van der Waals surface area (Å²) in [7, 11) is 0. The minimum Gasteiger partial charge on any atom is -0.548 e. The minimum absolute atomic E-state index is 0.0715. The van der Waals surface area contributed by atoms with Crippen molar-refractivity contribution in [3.05, 3.63) is 95.1 Å². The van der Waals surface area contributed by atoms with Gasteiger partial charge in [0.2, 0.25) is 0 Å². The molecule has 0 saturated heterocycles. The van der Waals surface area contributed by atoms with Crippen LogP contribution in [0.15, 0.2) is 72.8 Å². The van der Waals surface area contributed by atoms with Gasteiger partial charge < -0.3 is 14.6 Å². The molecule has 5 nitrogen and oxygen atoms in total. The quantitative estimate of drug-likeness (QED) is 0.695. The van der Waals surface area contributed by atoms with Gasteiger partial charge in [-0.1, -0.05) is 72.8 Å². The number of amides is 1. The van der Waals surface area contributed by atoms with E-state index < -0.39 is 18.1 Å². The van der Waals surface area contributed by atoms with Crippen LogP contribution in [0.5, 0.6) is 0 Å². The zero-order valence-electron chi connectivity index (χ0n) is 15.6. The van der Waals surface area contributed by atoms with Crippen molar-refractivity contribution in [1.82, 2.24) is 4.90 Å². The summed E-state index contributed by atoms with van der Waals surface area (Å²) in [6.07, 6.45) is -0.641. The summed E-state index contributed by atoms with van der Waals surface area (Å²) in [5.74, 6) is -1.37. The second-order valence-electron chi connectivity index (χ2n) is 7.35. The summed E-state index contributed by atoms with van der Waals surface area (Å²) in [4.78, 5) is 25.8. The number of aliphatic carboxylic acids is 1. The van der Waals surface area contributed by atoms with Gasteiger partial charge in [-0.2, -0.15) is 0 Å². The van der Waals surface area contributed by atoms with E-state index in [0.29, 0.717) is 5.56 Å². The monoisotopic (exact) mass is 384 g/mol. The van der Waals surface area contributed by atoms with Crippen molar-refractivity contribution >= 4 is 12.1 Å². The molecule has 0 spiro atoms. The smallest absolute Gasteiger partial charge is 0.410 e. The van der Waals surface area contributed by atoms with Crippen LogP contribution in [0.25, 0.3) is 11.1 Å². The number of ether oxygens (including phenoxy) is 1. The number of hydrogen-bond donors (Lipinski definition) is 0. The van der Waals surface area contributed by atoms with E-state index in [9.17, 15) is 14.7 Å². The highest BCUT2D eigenvalue weighted by Crippen LogP contribution is 2.44. The number of carbonyl (C=O) groups is 2. The lowest BCUT2D eigenvalue weighted by Gasteiger charge is -2.26. The SMILES string of the molecule is O=C([O-])C1c2ccccc2CN1C(=O)OCC1c2ccccc2-c2ccccc21. The molecule has 1 aliphatic heterocycles. The molecule has 2 aliphatic rings. The Morgan fingerprint density at radius 3 is 2.03 bits per heavy atom. The minimum atomic E-state index is -1.30. The fourth-order valence-electron chi connectivity index (χ4n) is 4.49. The van der Waals surface area contributed by atoms with E-state index in [0.717, 1.165) is 27.8 Å². The zero-order chi connectivity index (χ0) is 20.0. The van der Waals surface area contributed by atoms with Gasteiger partial charge >= 0.3 is 6.09 Å². The number of carbonyl (C=O) groups excluding carboxylic acids is 2. The summed E-state index contributed by atoms with van der Waals surface area (Å²) < 4.78 is 5.63. The van der Waals surface area contributed by atoms with Crippen LogP contribution in [0.4, 0.5) is 4.79 Å². The summed E-state index contributed by atoms with van der Waals surface area (Å²) in [5.41, 5.74) is 5.90. The number of benzene rings is 3. The number of fused-ring (bicyclic) bond motifs is 4. The number of rotatable bonds is 3. The van der Waals surface area contributed by atoms with Gasteiger partial charge in [0.15, 0.2) is 0 Å². The first-order valence-electron chi connectivity index (χ1n) is 9.55. The van der Waals surface area contributed by atoms with Crippen molar-refractivity contribution in [3.8, 4) is 11.1 Å². The molecule has 0 fully saturated rings. The average molecular weight is 384 g/mol. The third-order valence-corrected chi connectivity index (χ3v) is 5.80. The molecule has 0 bridgehead atoms. The molecule has 3 aromatic carbocycles. The molecule has 0 N–H and O–H groups in total. The van der Waals surface area contributed by atoms with Crippen LogP contribution in [0.3, 0.4) is 0 Å². The molecule has 29 heavy (non-hydrogen) atoms. The second kappa shape index (κ2) is 6.78. The summed E-state index contributed by atoms with van der Waals surface area (Å²) in [6, 6.07) is 22.2.